The molecule has 1 N–H and O–H groups in total. The summed E-state index contributed by atoms with van der Waals surface area (Å²) in [5.74, 6) is 0.0306. The third kappa shape index (κ3) is 6.34. The molecule has 0 bridgehead atoms. The van der Waals surface area contributed by atoms with Gasteiger partial charge in [-0.2, -0.15) is 5.26 Å². The molecule has 0 aliphatic rings. The summed E-state index contributed by atoms with van der Waals surface area (Å²) in [6, 6.07) is 16.9. The van der Waals surface area contributed by atoms with Crippen LogP contribution >= 0.6 is 46.4 Å². The summed E-state index contributed by atoms with van der Waals surface area (Å²) in [4.78, 5) is 12.6. The number of nitrogens with one attached hydrogen (secondary N) is 1. The fourth-order valence-corrected chi connectivity index (χ4v) is 3.58. The Hall–Kier alpha value is -2.88. The largest absolute Gasteiger partial charge is 0.493 e. The van der Waals surface area contributed by atoms with Crippen LogP contribution in [0.4, 0.5) is 5.69 Å². The maximum Gasteiger partial charge on any atom is 0.266 e. The van der Waals surface area contributed by atoms with Crippen molar-refractivity contribution in [2.45, 2.75) is 6.61 Å². The molecule has 168 valence electrons. The lowest BCUT2D eigenvalue weighted by Crippen LogP contribution is -2.13. The van der Waals surface area contributed by atoms with Crippen molar-refractivity contribution >= 4 is 64.1 Å². The van der Waals surface area contributed by atoms with Gasteiger partial charge < -0.3 is 14.8 Å². The number of anilines is 1. The third-order valence-corrected chi connectivity index (χ3v) is 5.82. The number of methoxy groups -OCH3 is 1. The van der Waals surface area contributed by atoms with E-state index >= 15 is 0 Å². The normalized spacial score (nSPS) is 11.0. The Labute approximate surface area is 211 Å². The second-order valence-electron chi connectivity index (χ2n) is 6.67. The number of benzene rings is 3. The molecule has 33 heavy (non-hydrogen) atoms. The summed E-state index contributed by atoms with van der Waals surface area (Å²) in [5.41, 5.74) is 1.51. The van der Waals surface area contributed by atoms with Gasteiger partial charge in [0, 0.05) is 16.3 Å². The highest BCUT2D eigenvalue weighted by Crippen LogP contribution is 2.38. The van der Waals surface area contributed by atoms with Crippen molar-refractivity contribution in [2.24, 2.45) is 0 Å². The van der Waals surface area contributed by atoms with Gasteiger partial charge in [-0.05, 0) is 48.0 Å². The number of nitrogens with zero attached hydrogens (tertiary/aromatic N) is 1. The molecular formula is C24H16Cl4N2O3. The molecule has 0 aromatic heterocycles. The molecule has 0 aliphatic carbocycles. The van der Waals surface area contributed by atoms with Gasteiger partial charge in [0.2, 0.25) is 0 Å². The van der Waals surface area contributed by atoms with Gasteiger partial charge in [0.1, 0.15) is 18.2 Å². The molecular weight excluding hydrogens is 506 g/mol. The first kappa shape index (κ1) is 24.8. The molecule has 0 atom stereocenters. The molecule has 1 amide bonds. The van der Waals surface area contributed by atoms with E-state index in [9.17, 15) is 10.1 Å². The van der Waals surface area contributed by atoms with Crippen LogP contribution in [0.5, 0.6) is 11.5 Å². The minimum atomic E-state index is -0.620. The lowest BCUT2D eigenvalue weighted by atomic mass is 10.1. The van der Waals surface area contributed by atoms with Crippen molar-refractivity contribution in [3.05, 3.63) is 91.4 Å². The summed E-state index contributed by atoms with van der Waals surface area (Å²) >= 11 is 24.4. The predicted molar refractivity (Wildman–Crippen MR) is 132 cm³/mol. The smallest absolute Gasteiger partial charge is 0.266 e. The van der Waals surface area contributed by atoms with Gasteiger partial charge in [-0.1, -0.05) is 64.6 Å². The Morgan fingerprint density at radius 3 is 2.42 bits per heavy atom. The zero-order valence-corrected chi connectivity index (χ0v) is 20.2. The van der Waals surface area contributed by atoms with Gasteiger partial charge in [0.25, 0.3) is 5.91 Å². The topological polar surface area (TPSA) is 71.3 Å². The van der Waals surface area contributed by atoms with Gasteiger partial charge in [-0.15, -0.1) is 0 Å². The molecule has 0 fully saturated rings. The third-order valence-electron chi connectivity index (χ3n) is 4.44. The average molecular weight is 522 g/mol. The lowest BCUT2D eigenvalue weighted by molar-refractivity contribution is -0.112. The molecule has 0 saturated heterocycles. The average Bonchev–Trinajstić information content (AvgIpc) is 2.79. The van der Waals surface area contributed by atoms with Crippen LogP contribution in [-0.4, -0.2) is 13.0 Å². The summed E-state index contributed by atoms with van der Waals surface area (Å²) in [6.45, 7) is 0.181. The maximum atomic E-state index is 12.6. The van der Waals surface area contributed by atoms with E-state index in [0.717, 1.165) is 5.56 Å². The second kappa shape index (κ2) is 11.3. The summed E-state index contributed by atoms with van der Waals surface area (Å²) in [5, 5.41) is 13.5. The number of hydrogen-bond donors (Lipinski definition) is 1. The quantitative estimate of drug-likeness (QED) is 0.259. The van der Waals surface area contributed by atoms with Gasteiger partial charge in [-0.3, -0.25) is 4.79 Å². The number of carbonyl (C=O) groups is 1. The Kier molecular flexibility index (Phi) is 8.49. The van der Waals surface area contributed by atoms with Crippen molar-refractivity contribution in [2.75, 3.05) is 12.4 Å². The van der Waals surface area contributed by atoms with Gasteiger partial charge >= 0.3 is 0 Å². The molecule has 0 radical (unpaired) electrons. The molecule has 5 nitrogen and oxygen atoms in total. The summed E-state index contributed by atoms with van der Waals surface area (Å²) < 4.78 is 11.2. The minimum Gasteiger partial charge on any atom is -0.493 e. The highest BCUT2D eigenvalue weighted by Gasteiger charge is 2.15. The summed E-state index contributed by atoms with van der Waals surface area (Å²) in [7, 11) is 1.46. The van der Waals surface area contributed by atoms with E-state index in [4.69, 9.17) is 55.9 Å². The zero-order chi connectivity index (χ0) is 24.0. The number of amides is 1. The van der Waals surface area contributed by atoms with Crippen molar-refractivity contribution in [1.82, 2.24) is 0 Å². The van der Waals surface area contributed by atoms with Crippen molar-refractivity contribution in [3.63, 3.8) is 0 Å². The first-order chi connectivity index (χ1) is 15.8. The molecule has 3 aromatic rings. The van der Waals surface area contributed by atoms with Crippen LogP contribution in [0.25, 0.3) is 6.08 Å². The molecule has 3 aromatic carbocycles. The number of rotatable bonds is 7. The Morgan fingerprint density at radius 2 is 1.76 bits per heavy atom. The van der Waals surface area contributed by atoms with Crippen LogP contribution in [0, 0.1) is 11.3 Å². The standard InChI is InChI=1S/C24H16Cl4N2O3/c1-32-22-10-14(9-21(28)23(22)33-13-15-4-2-3-5-18(15)25)8-16(12-29)24(31)30-17-6-7-19(26)20(27)11-17/h2-11H,13H2,1H3,(H,30,31)/b16-8+. The van der Waals surface area contributed by atoms with Crippen LogP contribution in [0.1, 0.15) is 11.1 Å². The highest BCUT2D eigenvalue weighted by molar-refractivity contribution is 6.42. The van der Waals surface area contributed by atoms with Crippen molar-refractivity contribution in [3.8, 4) is 17.6 Å². The van der Waals surface area contributed by atoms with Gasteiger partial charge in [-0.25, -0.2) is 0 Å². The number of nitriles is 1. The highest BCUT2D eigenvalue weighted by atomic mass is 35.5. The first-order valence-electron chi connectivity index (χ1n) is 9.44. The number of carbonyl (C=O) groups excluding carboxylic acids is 1. The number of ether oxygens (including phenoxy) is 2. The fourth-order valence-electron chi connectivity index (χ4n) is 2.82. The number of halogens is 4. The monoisotopic (exact) mass is 520 g/mol. The Balaban J connectivity index is 1.83. The van der Waals surface area contributed by atoms with Crippen LogP contribution in [0.2, 0.25) is 20.1 Å². The van der Waals surface area contributed by atoms with Crippen LogP contribution in [0.3, 0.4) is 0 Å². The molecule has 9 heteroatoms. The summed E-state index contributed by atoms with van der Waals surface area (Å²) in [6.07, 6.45) is 1.39. The SMILES string of the molecule is COc1cc(/C=C(\C#N)C(=O)Nc2ccc(Cl)c(Cl)c2)cc(Cl)c1OCc1ccccc1Cl. The Bertz CT molecular complexity index is 1270. The van der Waals surface area contributed by atoms with E-state index in [1.54, 1.807) is 30.3 Å². The molecule has 0 spiro atoms. The van der Waals surface area contributed by atoms with Crippen molar-refractivity contribution < 1.29 is 14.3 Å². The van der Waals surface area contributed by atoms with Crippen LogP contribution < -0.4 is 14.8 Å². The van der Waals surface area contributed by atoms with E-state index in [-0.39, 0.29) is 22.2 Å². The van der Waals surface area contributed by atoms with Crippen LogP contribution in [0.15, 0.2) is 60.2 Å². The fraction of sp³-hybridized carbons (Fsp3) is 0.0833. The second-order valence-corrected chi connectivity index (χ2v) is 8.30. The molecule has 0 heterocycles. The molecule has 0 saturated carbocycles. The Morgan fingerprint density at radius 1 is 1.00 bits per heavy atom. The molecule has 3 rings (SSSR count). The maximum absolute atomic E-state index is 12.6. The van der Waals surface area contributed by atoms with Crippen LogP contribution in [-0.2, 0) is 11.4 Å². The minimum absolute atomic E-state index is 0.149. The zero-order valence-electron chi connectivity index (χ0n) is 17.2. The first-order valence-corrected chi connectivity index (χ1v) is 11.0. The lowest BCUT2D eigenvalue weighted by Gasteiger charge is -2.14. The van der Waals surface area contributed by atoms with Gasteiger partial charge in [0.15, 0.2) is 11.5 Å². The van der Waals surface area contributed by atoms with E-state index in [1.807, 2.05) is 24.3 Å². The predicted octanol–water partition coefficient (Wildman–Crippen LogP) is 7.43. The van der Waals surface area contributed by atoms with Gasteiger partial charge in [0.05, 0.1) is 22.2 Å². The molecule has 0 unspecified atom stereocenters. The molecule has 0 aliphatic heterocycles. The van der Waals surface area contributed by atoms with Crippen molar-refractivity contribution in [1.29, 1.82) is 5.26 Å². The van der Waals surface area contributed by atoms with E-state index in [0.29, 0.717) is 32.8 Å². The number of hydrogen-bond acceptors (Lipinski definition) is 4. The van der Waals surface area contributed by atoms with E-state index < -0.39 is 5.91 Å². The van der Waals surface area contributed by atoms with E-state index in [1.165, 1.54) is 19.3 Å². The van der Waals surface area contributed by atoms with E-state index in [2.05, 4.69) is 5.32 Å².